The minimum absolute atomic E-state index is 0.140. The number of sulfonamides is 1. The van der Waals surface area contributed by atoms with Gasteiger partial charge in [-0.25, -0.2) is 8.42 Å². The van der Waals surface area contributed by atoms with E-state index < -0.39 is 49.9 Å². The highest BCUT2D eigenvalue weighted by Gasteiger charge is 2.61. The van der Waals surface area contributed by atoms with E-state index >= 15 is 0 Å². The van der Waals surface area contributed by atoms with Crippen LogP contribution in [0, 0.1) is 28.6 Å². The molecule has 236 valence electrons. The fourth-order valence-electron chi connectivity index (χ4n) is 5.89. The van der Waals surface area contributed by atoms with Crippen LogP contribution in [0.2, 0.25) is 0 Å². The second kappa shape index (κ2) is 12.7. The van der Waals surface area contributed by atoms with E-state index in [0.717, 1.165) is 4.47 Å². The van der Waals surface area contributed by atoms with E-state index in [2.05, 4.69) is 27.2 Å². The molecule has 0 aromatic heterocycles. The molecule has 10 nitrogen and oxygen atoms in total. The lowest BCUT2D eigenvalue weighted by atomic mass is 9.77. The molecular weight excluding hydrogens is 640 g/mol. The third-order valence-corrected chi connectivity index (χ3v) is 11.1. The Hall–Kier alpha value is -2.73. The molecule has 2 saturated carbocycles. The topological polar surface area (TPSA) is 136 Å². The molecule has 4 rings (SSSR count). The van der Waals surface area contributed by atoms with E-state index in [0.29, 0.717) is 31.4 Å². The number of allylic oxidation sites excluding steroid dienone is 1. The zero-order valence-electron chi connectivity index (χ0n) is 25.1. The number of ketones is 1. The van der Waals surface area contributed by atoms with Gasteiger partial charge in [-0.15, -0.1) is 6.58 Å². The van der Waals surface area contributed by atoms with Crippen molar-refractivity contribution in [1.29, 1.82) is 0 Å². The van der Waals surface area contributed by atoms with Crippen molar-refractivity contribution in [3.05, 3.63) is 41.4 Å². The Morgan fingerprint density at radius 3 is 2.49 bits per heavy atom. The Bertz CT molecular complexity index is 1390. The monoisotopic (exact) mass is 680 g/mol. The Morgan fingerprint density at radius 1 is 1.23 bits per heavy atom. The van der Waals surface area contributed by atoms with E-state index in [9.17, 15) is 27.6 Å². The van der Waals surface area contributed by atoms with Gasteiger partial charge in [-0.05, 0) is 55.2 Å². The van der Waals surface area contributed by atoms with Crippen LogP contribution in [0.15, 0.2) is 41.4 Å². The normalized spacial score (nSPS) is 25.9. The van der Waals surface area contributed by atoms with Gasteiger partial charge >= 0.3 is 5.97 Å². The first kappa shape index (κ1) is 33.2. The van der Waals surface area contributed by atoms with Crippen LogP contribution in [0.1, 0.15) is 59.3 Å². The number of hydrogen-bond acceptors (Lipinski definition) is 8. The number of amides is 2. The molecule has 1 saturated heterocycles. The number of halogens is 1. The number of esters is 1. The van der Waals surface area contributed by atoms with Crippen molar-refractivity contribution in [3.63, 3.8) is 0 Å². The predicted octanol–water partition coefficient (Wildman–Crippen LogP) is 4.03. The lowest BCUT2D eigenvalue weighted by molar-refractivity contribution is -0.151. The molecule has 12 heteroatoms. The quantitative estimate of drug-likeness (QED) is 0.244. The van der Waals surface area contributed by atoms with E-state index in [4.69, 9.17) is 9.47 Å². The Balaban J connectivity index is 1.57. The summed E-state index contributed by atoms with van der Waals surface area (Å²) in [6.07, 6.45) is 2.83. The van der Waals surface area contributed by atoms with Crippen molar-refractivity contribution < 1.29 is 37.1 Å². The summed E-state index contributed by atoms with van der Waals surface area (Å²) in [6.45, 7) is 9.84. The summed E-state index contributed by atoms with van der Waals surface area (Å²) in [7, 11) is -2.53. The highest BCUT2D eigenvalue weighted by Crippen LogP contribution is 2.57. The number of nitrogens with one attached hydrogen (secondary N) is 1. The van der Waals surface area contributed by atoms with Crippen LogP contribution in [0.5, 0.6) is 5.75 Å². The number of carbonyl (C=O) groups excluding carboxylic acids is 4. The number of Topliss-reactive ketones (excluding diaryl/α,β-unsaturated/α-hetero) is 1. The average molecular weight is 682 g/mol. The molecule has 0 spiro atoms. The summed E-state index contributed by atoms with van der Waals surface area (Å²) >= 11 is 3.43. The number of rotatable bonds is 13. The van der Waals surface area contributed by atoms with Crippen LogP contribution in [0.3, 0.4) is 0 Å². The second-order valence-electron chi connectivity index (χ2n) is 13.1. The lowest BCUT2D eigenvalue weighted by Gasteiger charge is -2.35. The van der Waals surface area contributed by atoms with Crippen molar-refractivity contribution in [2.45, 2.75) is 70.6 Å². The van der Waals surface area contributed by atoms with Crippen LogP contribution in [0.25, 0.3) is 0 Å². The number of carbonyl (C=O) groups is 4. The van der Waals surface area contributed by atoms with Crippen LogP contribution >= 0.6 is 15.9 Å². The van der Waals surface area contributed by atoms with E-state index in [1.807, 2.05) is 45.0 Å². The van der Waals surface area contributed by atoms with Crippen molar-refractivity contribution in [2.75, 3.05) is 20.3 Å². The molecule has 1 aromatic carbocycles. The van der Waals surface area contributed by atoms with Gasteiger partial charge in [0.25, 0.3) is 0 Å². The molecule has 5 atom stereocenters. The maximum absolute atomic E-state index is 14.1. The van der Waals surface area contributed by atoms with Gasteiger partial charge in [-0.2, -0.15) is 0 Å². The zero-order chi connectivity index (χ0) is 31.7. The van der Waals surface area contributed by atoms with Gasteiger partial charge in [-0.1, -0.05) is 48.8 Å². The fourth-order valence-corrected chi connectivity index (χ4v) is 7.65. The average Bonchev–Trinajstić information content (AvgIpc) is 3.86. The van der Waals surface area contributed by atoms with Gasteiger partial charge in [-0.3, -0.25) is 23.9 Å². The number of hydrogen-bond donors (Lipinski definition) is 1. The molecule has 43 heavy (non-hydrogen) atoms. The molecular formula is C31H41BrN2O8S. The Morgan fingerprint density at radius 2 is 1.93 bits per heavy atom. The van der Waals surface area contributed by atoms with Crippen LogP contribution < -0.4 is 9.46 Å². The van der Waals surface area contributed by atoms with Crippen LogP contribution in [-0.2, 0) is 33.9 Å². The predicted molar refractivity (Wildman–Crippen MR) is 163 cm³/mol. The maximum atomic E-state index is 14.1. The molecule has 3 aliphatic rings. The molecule has 1 unspecified atom stereocenters. The molecule has 2 aliphatic carbocycles. The molecule has 3 fully saturated rings. The number of likely N-dealkylation sites (tertiary alicyclic amines) is 1. The first-order valence-corrected chi connectivity index (χ1v) is 16.9. The maximum Gasteiger partial charge on any atom is 0.306 e. The highest BCUT2D eigenvalue weighted by atomic mass is 79.9. The number of methoxy groups -OCH3 is 1. The van der Waals surface area contributed by atoms with Crippen molar-refractivity contribution in [2.24, 2.45) is 28.6 Å². The Kier molecular flexibility index (Phi) is 9.80. The molecule has 1 heterocycles. The smallest absolute Gasteiger partial charge is 0.306 e. The minimum Gasteiger partial charge on any atom is -0.493 e. The summed E-state index contributed by atoms with van der Waals surface area (Å²) in [5.74, 6) is -2.54. The van der Waals surface area contributed by atoms with Gasteiger partial charge in [0.05, 0.1) is 42.8 Å². The minimum atomic E-state index is -3.80. The molecule has 1 aromatic rings. The molecule has 1 N–H and O–H groups in total. The molecule has 1 aliphatic heterocycles. The Labute approximate surface area is 262 Å². The number of benzene rings is 1. The summed E-state index contributed by atoms with van der Waals surface area (Å²) in [4.78, 5) is 55.2. The van der Waals surface area contributed by atoms with Gasteiger partial charge in [0, 0.05) is 23.4 Å². The third kappa shape index (κ3) is 7.68. The lowest BCUT2D eigenvalue weighted by Crippen LogP contribution is -2.48. The molecule has 0 radical (unpaired) electrons. The molecule has 0 bridgehead atoms. The summed E-state index contributed by atoms with van der Waals surface area (Å²) in [6, 6.07) is 6.50. The fraction of sp³-hybridized carbons (Fsp3) is 0.613. The van der Waals surface area contributed by atoms with Gasteiger partial charge in [0.2, 0.25) is 21.8 Å². The van der Waals surface area contributed by atoms with Gasteiger partial charge in [0.15, 0.2) is 5.78 Å². The zero-order valence-corrected chi connectivity index (χ0v) is 27.5. The van der Waals surface area contributed by atoms with E-state index in [1.54, 1.807) is 6.08 Å². The summed E-state index contributed by atoms with van der Waals surface area (Å²) < 4.78 is 39.0. The van der Waals surface area contributed by atoms with Crippen molar-refractivity contribution >= 4 is 49.5 Å². The van der Waals surface area contributed by atoms with Crippen molar-refractivity contribution in [3.8, 4) is 5.75 Å². The van der Waals surface area contributed by atoms with E-state index in [1.165, 1.54) is 12.0 Å². The van der Waals surface area contributed by atoms with Crippen LogP contribution in [-0.4, -0.2) is 68.4 Å². The SMILES string of the molecule is C=CC1C[C@]1(CC(=O)[C@@H]1C[C@@H](COc2cccc(Br)c2)CN1C(=O)[C@@H](CC(=O)OC)C(C)(C)C)C(=O)NS(=O)(=O)C1CC1. The standard InChI is InChI=1S/C31H41BrN2O8S/c1-6-20-15-31(20,29(38)33-43(39,40)23-10-11-23)16-26(35)25-12-19(18-42-22-9-7-8-21(32)13-22)17-34(25)28(37)24(30(2,3)4)14-27(36)41-5/h6-9,13,19-20,23-25H,1,10-12,14-18H2,2-5H3,(H,33,38)/t19-,20?,24-,25+,31-/m1/s1. The number of nitrogens with zero attached hydrogens (tertiary/aromatic N) is 1. The van der Waals surface area contributed by atoms with E-state index in [-0.39, 0.29) is 49.5 Å². The second-order valence-corrected chi connectivity index (χ2v) is 16.0. The van der Waals surface area contributed by atoms with Gasteiger partial charge in [0.1, 0.15) is 5.75 Å². The first-order chi connectivity index (χ1) is 20.1. The summed E-state index contributed by atoms with van der Waals surface area (Å²) in [5, 5.41) is -0.580. The third-order valence-electron chi connectivity index (χ3n) is 8.82. The largest absolute Gasteiger partial charge is 0.493 e. The highest BCUT2D eigenvalue weighted by molar-refractivity contribution is 9.10. The van der Waals surface area contributed by atoms with Crippen LogP contribution in [0.4, 0.5) is 0 Å². The molecule has 2 amide bonds. The van der Waals surface area contributed by atoms with Gasteiger partial charge < -0.3 is 14.4 Å². The number of ether oxygens (including phenoxy) is 2. The summed E-state index contributed by atoms with van der Waals surface area (Å²) in [5.41, 5.74) is -1.83. The first-order valence-electron chi connectivity index (χ1n) is 14.6. The van der Waals surface area contributed by atoms with Crippen molar-refractivity contribution in [1.82, 2.24) is 9.62 Å².